The molecule has 1 aromatic heterocycles. The van der Waals surface area contributed by atoms with Crippen molar-refractivity contribution in [3.8, 4) is 0 Å². The van der Waals surface area contributed by atoms with Gasteiger partial charge in [-0.3, -0.25) is 4.79 Å². The predicted octanol–water partition coefficient (Wildman–Crippen LogP) is 2.92. The summed E-state index contributed by atoms with van der Waals surface area (Å²) in [5.41, 5.74) is 0.417. The van der Waals surface area contributed by atoms with Gasteiger partial charge in [-0.2, -0.15) is 4.31 Å². The zero-order valence-corrected chi connectivity index (χ0v) is 15.9. The summed E-state index contributed by atoms with van der Waals surface area (Å²) in [5.74, 6) is -0.629. The van der Waals surface area contributed by atoms with E-state index in [1.165, 1.54) is 10.4 Å². The summed E-state index contributed by atoms with van der Waals surface area (Å²) in [6.07, 6.45) is 2.91. The minimum absolute atomic E-state index is 0.0780. The van der Waals surface area contributed by atoms with Crippen LogP contribution in [-0.2, 0) is 27.8 Å². The van der Waals surface area contributed by atoms with Crippen molar-refractivity contribution >= 4 is 27.3 Å². The quantitative estimate of drug-likeness (QED) is 0.816. The molecule has 1 fully saturated rings. The molecule has 26 heavy (non-hydrogen) atoms. The Kier molecular flexibility index (Phi) is 6.05. The summed E-state index contributed by atoms with van der Waals surface area (Å²) in [5, 5.41) is 2.67. The fourth-order valence-electron chi connectivity index (χ4n) is 2.88. The predicted molar refractivity (Wildman–Crippen MR) is 98.9 cm³/mol. The Bertz CT molecular complexity index is 874. The van der Waals surface area contributed by atoms with E-state index in [2.05, 4.69) is 5.32 Å². The molecule has 1 N–H and O–H groups in total. The number of nitrogens with zero attached hydrogens (tertiary/aromatic N) is 1. The number of amides is 1. The van der Waals surface area contributed by atoms with Gasteiger partial charge in [0.1, 0.15) is 10.0 Å². The summed E-state index contributed by atoms with van der Waals surface area (Å²) < 4.78 is 40.6. The highest BCUT2D eigenvalue weighted by Crippen LogP contribution is 2.27. The molecule has 1 saturated heterocycles. The first-order chi connectivity index (χ1) is 12.5. The van der Waals surface area contributed by atoms with E-state index in [0.29, 0.717) is 23.5 Å². The Hall–Kier alpha value is -1.77. The monoisotopic (exact) mass is 396 g/mol. The van der Waals surface area contributed by atoms with Gasteiger partial charge in [0, 0.05) is 30.1 Å². The summed E-state index contributed by atoms with van der Waals surface area (Å²) in [6, 6.07) is 9.50. The van der Waals surface area contributed by atoms with Crippen molar-refractivity contribution in [1.29, 1.82) is 0 Å². The van der Waals surface area contributed by atoms with E-state index in [9.17, 15) is 17.6 Å². The number of carbonyl (C=O) groups is 1. The molecule has 0 bridgehead atoms. The van der Waals surface area contributed by atoms with Crippen molar-refractivity contribution in [3.05, 3.63) is 52.7 Å². The van der Waals surface area contributed by atoms with Crippen LogP contribution in [0.5, 0.6) is 0 Å². The third kappa shape index (κ3) is 4.49. The van der Waals surface area contributed by atoms with Crippen molar-refractivity contribution in [2.24, 2.45) is 0 Å². The number of rotatable bonds is 6. The summed E-state index contributed by atoms with van der Waals surface area (Å²) in [6.45, 7) is 1.22. The fraction of sp³-hybridized carbons (Fsp3) is 0.389. The second kappa shape index (κ2) is 8.28. The number of sulfonamides is 1. The molecule has 3 rings (SSSR count). The average Bonchev–Trinajstić information content (AvgIpc) is 3.11. The van der Waals surface area contributed by atoms with Gasteiger partial charge in [0.25, 0.3) is 10.0 Å². The van der Waals surface area contributed by atoms with Gasteiger partial charge in [0.15, 0.2) is 0 Å². The number of piperidine rings is 1. The van der Waals surface area contributed by atoms with E-state index in [-0.39, 0.29) is 28.9 Å². The van der Waals surface area contributed by atoms with E-state index in [1.807, 2.05) is 0 Å². The molecule has 0 radical (unpaired) electrons. The van der Waals surface area contributed by atoms with Crippen LogP contribution >= 0.6 is 11.3 Å². The van der Waals surface area contributed by atoms with Gasteiger partial charge in [-0.15, -0.1) is 11.3 Å². The highest BCUT2D eigenvalue weighted by atomic mass is 32.2. The Balaban J connectivity index is 1.59. The molecule has 0 spiro atoms. The number of nitrogens with one attached hydrogen (secondary N) is 1. The van der Waals surface area contributed by atoms with Crippen LogP contribution in [0.4, 0.5) is 4.39 Å². The lowest BCUT2D eigenvalue weighted by Crippen LogP contribution is -2.35. The second-order valence-corrected chi connectivity index (χ2v) is 9.56. The first-order valence-electron chi connectivity index (χ1n) is 8.56. The van der Waals surface area contributed by atoms with E-state index in [4.69, 9.17) is 0 Å². The van der Waals surface area contributed by atoms with Gasteiger partial charge >= 0.3 is 0 Å². The molecule has 0 saturated carbocycles. The lowest BCUT2D eigenvalue weighted by molar-refractivity contribution is -0.120. The van der Waals surface area contributed by atoms with Crippen LogP contribution in [0, 0.1) is 5.82 Å². The molecule has 2 aromatic rings. The Morgan fingerprint density at radius 1 is 1.12 bits per heavy atom. The molecular weight excluding hydrogens is 375 g/mol. The molecule has 5 nitrogen and oxygen atoms in total. The second-order valence-electron chi connectivity index (χ2n) is 6.23. The van der Waals surface area contributed by atoms with Crippen molar-refractivity contribution in [2.75, 3.05) is 13.1 Å². The molecule has 1 aromatic carbocycles. The highest BCUT2D eigenvalue weighted by Gasteiger charge is 2.27. The lowest BCUT2D eigenvalue weighted by Gasteiger charge is -2.25. The molecule has 140 valence electrons. The topological polar surface area (TPSA) is 66.5 Å². The third-order valence-corrected chi connectivity index (χ3v) is 7.77. The SMILES string of the molecule is O=C(Cc1ccc(S(=O)(=O)N2CCCCC2)s1)NCc1ccccc1F. The van der Waals surface area contributed by atoms with E-state index in [1.54, 1.807) is 30.3 Å². The molecule has 0 aliphatic carbocycles. The molecule has 2 heterocycles. The molecule has 0 atom stereocenters. The molecule has 8 heteroatoms. The average molecular weight is 397 g/mol. The Morgan fingerprint density at radius 2 is 1.85 bits per heavy atom. The maximum atomic E-state index is 13.6. The summed E-state index contributed by atoms with van der Waals surface area (Å²) >= 11 is 1.12. The normalized spacial score (nSPS) is 15.7. The van der Waals surface area contributed by atoms with E-state index >= 15 is 0 Å². The number of hydrogen-bond acceptors (Lipinski definition) is 4. The highest BCUT2D eigenvalue weighted by molar-refractivity contribution is 7.91. The fourth-order valence-corrected chi connectivity index (χ4v) is 5.91. The van der Waals surface area contributed by atoms with Crippen LogP contribution in [0.15, 0.2) is 40.6 Å². The van der Waals surface area contributed by atoms with Gasteiger partial charge in [-0.25, -0.2) is 12.8 Å². The molecule has 1 amide bonds. The number of carbonyl (C=O) groups excluding carboxylic acids is 1. The van der Waals surface area contributed by atoms with Crippen molar-refractivity contribution in [1.82, 2.24) is 9.62 Å². The van der Waals surface area contributed by atoms with Crippen molar-refractivity contribution in [2.45, 2.75) is 36.4 Å². The zero-order valence-electron chi connectivity index (χ0n) is 14.3. The number of thiophene rings is 1. The molecule has 1 aliphatic heterocycles. The van der Waals surface area contributed by atoms with Crippen LogP contribution in [0.2, 0.25) is 0 Å². The van der Waals surface area contributed by atoms with Crippen LogP contribution in [0.3, 0.4) is 0 Å². The number of benzene rings is 1. The smallest absolute Gasteiger partial charge is 0.252 e. The van der Waals surface area contributed by atoms with Crippen LogP contribution in [0.1, 0.15) is 29.7 Å². The largest absolute Gasteiger partial charge is 0.352 e. The first kappa shape index (κ1) is 19.0. The summed E-state index contributed by atoms with van der Waals surface area (Å²) in [4.78, 5) is 12.7. The first-order valence-corrected chi connectivity index (χ1v) is 10.8. The van der Waals surface area contributed by atoms with E-state index < -0.39 is 10.0 Å². The van der Waals surface area contributed by atoms with Gasteiger partial charge in [0.2, 0.25) is 5.91 Å². The minimum atomic E-state index is -3.47. The third-order valence-electron chi connectivity index (χ3n) is 4.31. The van der Waals surface area contributed by atoms with Gasteiger partial charge in [-0.05, 0) is 31.0 Å². The van der Waals surface area contributed by atoms with Gasteiger partial charge in [-0.1, -0.05) is 24.6 Å². The standard InChI is InChI=1S/C18H21FN2O3S2/c19-16-7-3-2-6-14(16)13-20-17(22)12-15-8-9-18(25-15)26(23,24)21-10-4-1-5-11-21/h2-3,6-9H,1,4-5,10-13H2,(H,20,22). The number of halogens is 1. The van der Waals surface area contributed by atoms with Crippen LogP contribution in [0.25, 0.3) is 0 Å². The summed E-state index contributed by atoms with van der Waals surface area (Å²) in [7, 11) is -3.47. The maximum absolute atomic E-state index is 13.6. The zero-order chi connectivity index (χ0) is 18.6. The maximum Gasteiger partial charge on any atom is 0.252 e. The Labute approximate surface area is 156 Å². The lowest BCUT2D eigenvalue weighted by atomic mass is 10.2. The van der Waals surface area contributed by atoms with Crippen LogP contribution < -0.4 is 5.32 Å². The van der Waals surface area contributed by atoms with E-state index in [0.717, 1.165) is 30.6 Å². The minimum Gasteiger partial charge on any atom is -0.352 e. The van der Waals surface area contributed by atoms with Crippen molar-refractivity contribution in [3.63, 3.8) is 0 Å². The van der Waals surface area contributed by atoms with Gasteiger partial charge < -0.3 is 5.32 Å². The van der Waals surface area contributed by atoms with Crippen LogP contribution in [-0.4, -0.2) is 31.7 Å². The van der Waals surface area contributed by atoms with Gasteiger partial charge in [0.05, 0.1) is 6.42 Å². The number of hydrogen-bond donors (Lipinski definition) is 1. The molecular formula is C18H21FN2O3S2. The molecule has 1 aliphatic rings. The van der Waals surface area contributed by atoms with Crippen molar-refractivity contribution < 1.29 is 17.6 Å². The Morgan fingerprint density at radius 3 is 2.58 bits per heavy atom. The molecule has 0 unspecified atom stereocenters.